The van der Waals surface area contributed by atoms with E-state index in [9.17, 15) is 0 Å². The Bertz CT molecular complexity index is 594. The van der Waals surface area contributed by atoms with Crippen LogP contribution in [-0.4, -0.2) is 19.6 Å². The summed E-state index contributed by atoms with van der Waals surface area (Å²) in [5.74, 6) is 2.77. The van der Waals surface area contributed by atoms with Crippen LogP contribution in [0.4, 0.5) is 0 Å². The molecule has 0 fully saturated rings. The second-order valence-corrected chi connectivity index (χ2v) is 6.14. The molecule has 2 rings (SSSR count). The molecule has 0 N–H and O–H groups in total. The van der Waals surface area contributed by atoms with E-state index in [4.69, 9.17) is 4.98 Å². The molecule has 0 aliphatic heterocycles. The normalized spacial score (nSPS) is 12.3. The first-order chi connectivity index (χ1) is 8.82. The average Bonchev–Trinajstić information content (AvgIpc) is 2.72. The maximum Gasteiger partial charge on any atom is 0.252 e. The quantitative estimate of drug-likeness (QED) is 0.843. The Kier molecular flexibility index (Phi) is 3.61. The molecule has 0 bridgehead atoms. The highest BCUT2D eigenvalue weighted by Gasteiger charge is 2.20. The van der Waals surface area contributed by atoms with Gasteiger partial charge >= 0.3 is 0 Å². The number of hydrogen-bond acceptors (Lipinski definition) is 3. The van der Waals surface area contributed by atoms with Crippen molar-refractivity contribution in [2.24, 2.45) is 0 Å². The van der Waals surface area contributed by atoms with Gasteiger partial charge in [0.2, 0.25) is 0 Å². The van der Waals surface area contributed by atoms with E-state index in [0.717, 1.165) is 17.3 Å². The van der Waals surface area contributed by atoms with Crippen LogP contribution < -0.4 is 0 Å². The van der Waals surface area contributed by atoms with E-state index in [-0.39, 0.29) is 0 Å². The van der Waals surface area contributed by atoms with Crippen molar-refractivity contribution >= 4 is 5.78 Å². The summed E-state index contributed by atoms with van der Waals surface area (Å²) in [7, 11) is 0. The van der Waals surface area contributed by atoms with Crippen molar-refractivity contribution in [1.82, 2.24) is 19.6 Å². The minimum absolute atomic E-state index is 0.325. The lowest BCUT2D eigenvalue weighted by Crippen LogP contribution is -2.10. The van der Waals surface area contributed by atoms with Crippen molar-refractivity contribution < 1.29 is 0 Å². The molecule has 4 heteroatoms. The molecular formula is C15H24N4. The summed E-state index contributed by atoms with van der Waals surface area (Å²) in [5.41, 5.74) is 3.63. The molecule has 0 aliphatic rings. The molecule has 2 heterocycles. The van der Waals surface area contributed by atoms with E-state index in [1.165, 1.54) is 11.3 Å². The Hall–Kier alpha value is -1.45. The molecule has 19 heavy (non-hydrogen) atoms. The Morgan fingerprint density at radius 2 is 1.47 bits per heavy atom. The van der Waals surface area contributed by atoms with Crippen LogP contribution in [0.3, 0.4) is 0 Å². The zero-order valence-electron chi connectivity index (χ0n) is 13.0. The standard InChI is InChI=1S/C15H24N4/c1-8(2)12-11(7)19-15(16-13(12)9(3)4)17-14(18-19)10(5)6/h8-10H,1-7H3. The van der Waals surface area contributed by atoms with E-state index in [1.54, 1.807) is 0 Å². The fourth-order valence-corrected chi connectivity index (χ4v) is 2.48. The van der Waals surface area contributed by atoms with Gasteiger partial charge in [-0.2, -0.15) is 4.98 Å². The molecule has 0 saturated carbocycles. The molecule has 0 spiro atoms. The lowest BCUT2D eigenvalue weighted by Gasteiger charge is -2.17. The molecule has 104 valence electrons. The molecule has 2 aromatic heterocycles. The monoisotopic (exact) mass is 260 g/mol. The van der Waals surface area contributed by atoms with Crippen molar-refractivity contribution in [2.45, 2.75) is 66.2 Å². The third-order valence-corrected chi connectivity index (χ3v) is 3.45. The van der Waals surface area contributed by atoms with Crippen LogP contribution >= 0.6 is 0 Å². The predicted molar refractivity (Wildman–Crippen MR) is 77.8 cm³/mol. The maximum absolute atomic E-state index is 4.75. The van der Waals surface area contributed by atoms with Gasteiger partial charge in [-0.1, -0.05) is 41.5 Å². The molecule has 0 aliphatic carbocycles. The van der Waals surface area contributed by atoms with Gasteiger partial charge in [-0.15, -0.1) is 5.10 Å². The fraction of sp³-hybridized carbons (Fsp3) is 0.667. The van der Waals surface area contributed by atoms with E-state index in [0.29, 0.717) is 17.8 Å². The summed E-state index contributed by atoms with van der Waals surface area (Å²) in [4.78, 5) is 9.31. The van der Waals surface area contributed by atoms with Gasteiger partial charge in [0.05, 0.1) is 5.69 Å². The summed E-state index contributed by atoms with van der Waals surface area (Å²) < 4.78 is 1.90. The van der Waals surface area contributed by atoms with Gasteiger partial charge in [-0.05, 0) is 24.3 Å². The highest BCUT2D eigenvalue weighted by Crippen LogP contribution is 2.28. The average molecular weight is 260 g/mol. The number of aryl methyl sites for hydroxylation is 1. The third-order valence-electron chi connectivity index (χ3n) is 3.45. The largest absolute Gasteiger partial charge is 0.252 e. The van der Waals surface area contributed by atoms with Gasteiger partial charge in [-0.3, -0.25) is 0 Å². The highest BCUT2D eigenvalue weighted by molar-refractivity contribution is 5.40. The summed E-state index contributed by atoms with van der Waals surface area (Å²) in [5, 5.41) is 4.60. The molecule has 4 nitrogen and oxygen atoms in total. The number of fused-ring (bicyclic) bond motifs is 1. The van der Waals surface area contributed by atoms with Crippen LogP contribution in [-0.2, 0) is 0 Å². The van der Waals surface area contributed by atoms with Crippen LogP contribution in [0.2, 0.25) is 0 Å². The number of hydrogen-bond donors (Lipinski definition) is 0. The first-order valence-electron chi connectivity index (χ1n) is 7.10. The lowest BCUT2D eigenvalue weighted by atomic mass is 9.94. The molecule has 0 saturated heterocycles. The molecule has 2 aromatic rings. The van der Waals surface area contributed by atoms with Gasteiger partial charge in [0.15, 0.2) is 5.82 Å². The van der Waals surface area contributed by atoms with Crippen LogP contribution in [0.5, 0.6) is 0 Å². The summed E-state index contributed by atoms with van der Waals surface area (Å²) in [6, 6.07) is 0. The van der Waals surface area contributed by atoms with Crippen molar-refractivity contribution in [3.8, 4) is 0 Å². The van der Waals surface area contributed by atoms with Gasteiger partial charge < -0.3 is 0 Å². The second-order valence-electron chi connectivity index (χ2n) is 6.14. The molecular weight excluding hydrogens is 236 g/mol. The Balaban J connectivity index is 2.77. The zero-order chi connectivity index (χ0) is 14.3. The van der Waals surface area contributed by atoms with E-state index < -0.39 is 0 Å². The Labute approximate surface area is 115 Å². The SMILES string of the molecule is Cc1c(C(C)C)c(C(C)C)nc2nc(C(C)C)nn12. The van der Waals surface area contributed by atoms with Crippen molar-refractivity contribution in [3.05, 3.63) is 22.8 Å². The molecule has 0 unspecified atom stereocenters. The topological polar surface area (TPSA) is 43.1 Å². The number of aromatic nitrogens is 4. The number of rotatable bonds is 3. The molecule has 0 aromatic carbocycles. The van der Waals surface area contributed by atoms with Gasteiger partial charge in [0.25, 0.3) is 5.78 Å². The van der Waals surface area contributed by atoms with Crippen LogP contribution in [0.25, 0.3) is 5.78 Å². The summed E-state index contributed by atoms with van der Waals surface area (Å²) in [6.45, 7) is 15.1. The van der Waals surface area contributed by atoms with Crippen LogP contribution in [0.1, 0.15) is 82.1 Å². The van der Waals surface area contributed by atoms with Crippen molar-refractivity contribution in [2.75, 3.05) is 0 Å². The van der Waals surface area contributed by atoms with Crippen LogP contribution in [0, 0.1) is 6.92 Å². The summed E-state index contributed by atoms with van der Waals surface area (Å²) in [6.07, 6.45) is 0. The van der Waals surface area contributed by atoms with E-state index in [2.05, 4.69) is 58.5 Å². The van der Waals surface area contributed by atoms with E-state index >= 15 is 0 Å². The maximum atomic E-state index is 4.75. The first kappa shape index (κ1) is 14.0. The van der Waals surface area contributed by atoms with Gasteiger partial charge in [0, 0.05) is 11.6 Å². The highest BCUT2D eigenvalue weighted by atomic mass is 15.3. The third kappa shape index (κ3) is 2.36. The van der Waals surface area contributed by atoms with E-state index in [1.807, 2.05) is 4.52 Å². The minimum atomic E-state index is 0.325. The molecule has 0 radical (unpaired) electrons. The summed E-state index contributed by atoms with van der Waals surface area (Å²) >= 11 is 0. The lowest BCUT2D eigenvalue weighted by molar-refractivity contribution is 0.712. The van der Waals surface area contributed by atoms with Crippen LogP contribution in [0.15, 0.2) is 0 Å². The van der Waals surface area contributed by atoms with Gasteiger partial charge in [-0.25, -0.2) is 9.50 Å². The van der Waals surface area contributed by atoms with Crippen molar-refractivity contribution in [3.63, 3.8) is 0 Å². The smallest absolute Gasteiger partial charge is 0.216 e. The minimum Gasteiger partial charge on any atom is -0.216 e. The zero-order valence-corrected chi connectivity index (χ0v) is 13.0. The molecule has 0 atom stereocenters. The fourth-order valence-electron chi connectivity index (χ4n) is 2.48. The number of nitrogens with zero attached hydrogens (tertiary/aromatic N) is 4. The first-order valence-corrected chi connectivity index (χ1v) is 7.10. The Morgan fingerprint density at radius 3 is 1.95 bits per heavy atom. The van der Waals surface area contributed by atoms with Gasteiger partial charge in [0.1, 0.15) is 0 Å². The predicted octanol–water partition coefficient (Wildman–Crippen LogP) is 3.80. The Morgan fingerprint density at radius 1 is 0.842 bits per heavy atom. The van der Waals surface area contributed by atoms with Crippen molar-refractivity contribution in [1.29, 1.82) is 0 Å². The second kappa shape index (κ2) is 4.91. The molecule has 0 amide bonds.